The number of anilines is 2. The van der Waals surface area contributed by atoms with Crippen LogP contribution in [-0.2, 0) is 30.2 Å². The zero-order chi connectivity index (χ0) is 39.4. The van der Waals surface area contributed by atoms with Crippen LogP contribution < -0.4 is 36.3 Å². The fraction of sp³-hybridized carbons (Fsp3) is 0.500. The highest BCUT2D eigenvalue weighted by molar-refractivity contribution is 9.10. The summed E-state index contributed by atoms with van der Waals surface area (Å²) in [6.07, 6.45) is 5.13. The molecular formula is C38H52BrN7O9. The van der Waals surface area contributed by atoms with Gasteiger partial charge in [-0.05, 0) is 67.6 Å². The maximum absolute atomic E-state index is 12.9. The van der Waals surface area contributed by atoms with Crippen molar-refractivity contribution in [1.82, 2.24) is 25.5 Å². The lowest BCUT2D eigenvalue weighted by Gasteiger charge is -2.24. The van der Waals surface area contributed by atoms with Gasteiger partial charge in [-0.1, -0.05) is 15.9 Å². The van der Waals surface area contributed by atoms with Gasteiger partial charge in [0.2, 0.25) is 23.5 Å². The van der Waals surface area contributed by atoms with E-state index >= 15 is 0 Å². The number of nitrogen functional groups attached to an aromatic ring is 2. The van der Waals surface area contributed by atoms with Crippen molar-refractivity contribution >= 4 is 45.4 Å². The zero-order valence-electron chi connectivity index (χ0n) is 31.5. The Morgan fingerprint density at radius 2 is 1.51 bits per heavy atom. The number of hydrogen-bond donors (Lipinski definition) is 4. The molecule has 1 atom stereocenters. The second-order valence-corrected chi connectivity index (χ2v) is 13.5. The highest BCUT2D eigenvalue weighted by Gasteiger charge is 2.34. The number of halogens is 1. The summed E-state index contributed by atoms with van der Waals surface area (Å²) in [5.41, 5.74) is 13.8. The smallest absolute Gasteiger partial charge is 0.254 e. The Hall–Kier alpha value is -4.71. The molecule has 17 heteroatoms. The fourth-order valence-electron chi connectivity index (χ4n) is 5.83. The van der Waals surface area contributed by atoms with Gasteiger partial charge in [0.25, 0.3) is 5.91 Å². The van der Waals surface area contributed by atoms with Crippen LogP contribution >= 0.6 is 15.9 Å². The minimum atomic E-state index is -0.476. The van der Waals surface area contributed by atoms with Crippen LogP contribution in [0, 0.1) is 0 Å². The topological polar surface area (TPSA) is 212 Å². The van der Waals surface area contributed by atoms with Gasteiger partial charge in [-0.3, -0.25) is 14.4 Å². The van der Waals surface area contributed by atoms with Crippen molar-refractivity contribution in [2.45, 2.75) is 44.6 Å². The molecule has 6 N–H and O–H groups in total. The van der Waals surface area contributed by atoms with Gasteiger partial charge in [0.1, 0.15) is 11.9 Å². The zero-order valence-corrected chi connectivity index (χ0v) is 33.1. The lowest BCUT2D eigenvalue weighted by molar-refractivity contribution is -0.125. The Balaban J connectivity index is 0.970. The third-order valence-corrected chi connectivity index (χ3v) is 9.17. The number of amides is 3. The van der Waals surface area contributed by atoms with Crippen molar-refractivity contribution in [3.8, 4) is 17.2 Å². The number of nitrogens with two attached hydrogens (primary N) is 2. The van der Waals surface area contributed by atoms with Gasteiger partial charge in [0.15, 0.2) is 11.5 Å². The number of benzene rings is 2. The maximum Gasteiger partial charge on any atom is 0.254 e. The van der Waals surface area contributed by atoms with E-state index in [-0.39, 0.29) is 23.7 Å². The second-order valence-electron chi connectivity index (χ2n) is 12.6. The van der Waals surface area contributed by atoms with E-state index in [1.54, 1.807) is 37.4 Å². The normalized spacial score (nSPS) is 13.7. The van der Waals surface area contributed by atoms with Crippen LogP contribution in [-0.4, -0.2) is 119 Å². The number of unbranched alkanes of at least 4 members (excludes halogenated alkanes) is 1. The molecule has 0 saturated carbocycles. The quantitative estimate of drug-likeness (QED) is 0.0958. The number of nitrogens with zero attached hydrogens (tertiary/aromatic N) is 3. The maximum atomic E-state index is 12.9. The monoisotopic (exact) mass is 829 g/mol. The molecule has 3 aromatic rings. The molecule has 1 fully saturated rings. The van der Waals surface area contributed by atoms with E-state index < -0.39 is 6.04 Å². The van der Waals surface area contributed by atoms with Gasteiger partial charge in [0, 0.05) is 54.3 Å². The standard InChI is InChI=1S/C38H52BrN7O9/c1-50-31-23-26(22-28-25-44-38(41)45-35(28)40)24-32(51-2)34(31)55-15-4-3-7-33(47)42-12-16-52-18-20-54-21-19-53-17-13-43-36(48)30-6-5-14-46(30)37(49)27-8-10-29(39)11-9-27/h8-11,23-25,30H,3-7,12-22H2,1-2H3,(H,42,47)(H,43,48)(H4,40,41,44,45). The summed E-state index contributed by atoms with van der Waals surface area (Å²) in [4.78, 5) is 47.5. The molecule has 2 aromatic carbocycles. The highest BCUT2D eigenvalue weighted by atomic mass is 79.9. The van der Waals surface area contributed by atoms with E-state index in [1.165, 1.54) is 0 Å². The molecule has 16 nitrogen and oxygen atoms in total. The van der Waals surface area contributed by atoms with Gasteiger partial charge >= 0.3 is 0 Å². The number of likely N-dealkylation sites (tertiary alicyclic amines) is 1. The largest absolute Gasteiger partial charge is 0.493 e. The van der Waals surface area contributed by atoms with Crippen LogP contribution in [0.1, 0.15) is 53.6 Å². The molecule has 0 aliphatic carbocycles. The van der Waals surface area contributed by atoms with E-state index in [0.29, 0.717) is 127 Å². The first-order chi connectivity index (χ1) is 26.7. The van der Waals surface area contributed by atoms with Crippen molar-refractivity contribution in [3.05, 3.63) is 63.8 Å². The summed E-state index contributed by atoms with van der Waals surface area (Å²) in [5.74, 6) is 1.56. The Morgan fingerprint density at radius 1 is 0.873 bits per heavy atom. The van der Waals surface area contributed by atoms with Crippen molar-refractivity contribution in [1.29, 1.82) is 0 Å². The van der Waals surface area contributed by atoms with Crippen molar-refractivity contribution in [2.24, 2.45) is 0 Å². The highest BCUT2D eigenvalue weighted by Crippen LogP contribution is 2.39. The molecule has 1 aliphatic rings. The Morgan fingerprint density at radius 3 is 2.15 bits per heavy atom. The van der Waals surface area contributed by atoms with E-state index in [4.69, 9.17) is 39.9 Å². The third-order valence-electron chi connectivity index (χ3n) is 8.64. The molecule has 1 aliphatic heterocycles. The molecular weight excluding hydrogens is 778 g/mol. The first-order valence-electron chi connectivity index (χ1n) is 18.3. The average Bonchev–Trinajstić information content (AvgIpc) is 3.68. The van der Waals surface area contributed by atoms with Crippen LogP contribution in [0.25, 0.3) is 0 Å². The van der Waals surface area contributed by atoms with E-state index in [0.717, 1.165) is 22.0 Å². The number of nitrogens with one attached hydrogen (secondary N) is 2. The summed E-state index contributed by atoms with van der Waals surface area (Å²) in [6, 6.07) is 10.4. The van der Waals surface area contributed by atoms with Gasteiger partial charge in [-0.2, -0.15) is 4.98 Å². The molecule has 300 valence electrons. The summed E-state index contributed by atoms with van der Waals surface area (Å²) < 4.78 is 34.6. The summed E-state index contributed by atoms with van der Waals surface area (Å²) >= 11 is 3.38. The number of ether oxygens (including phenoxy) is 6. The molecule has 0 radical (unpaired) electrons. The minimum Gasteiger partial charge on any atom is -0.493 e. The van der Waals surface area contributed by atoms with Crippen LogP contribution in [0.15, 0.2) is 47.1 Å². The predicted octanol–water partition coefficient (Wildman–Crippen LogP) is 3.15. The van der Waals surface area contributed by atoms with Crippen molar-refractivity contribution < 1.29 is 42.8 Å². The number of hydrogen-bond acceptors (Lipinski definition) is 13. The van der Waals surface area contributed by atoms with Crippen LogP contribution in [0.4, 0.5) is 11.8 Å². The summed E-state index contributed by atoms with van der Waals surface area (Å²) in [6.45, 7) is 3.92. The Bertz CT molecular complexity index is 1660. The molecule has 1 unspecified atom stereocenters. The number of aromatic nitrogens is 2. The lowest BCUT2D eigenvalue weighted by atomic mass is 10.1. The van der Waals surface area contributed by atoms with Gasteiger partial charge in [-0.25, -0.2) is 4.98 Å². The van der Waals surface area contributed by atoms with Gasteiger partial charge in [-0.15, -0.1) is 0 Å². The Labute approximate surface area is 330 Å². The minimum absolute atomic E-state index is 0.0617. The second kappa shape index (κ2) is 23.3. The molecule has 4 rings (SSSR count). The number of rotatable bonds is 24. The van der Waals surface area contributed by atoms with Crippen LogP contribution in [0.2, 0.25) is 0 Å². The first-order valence-corrected chi connectivity index (χ1v) is 19.1. The first kappa shape index (κ1) is 43.0. The number of carbonyl (C=O) groups excluding carboxylic acids is 3. The summed E-state index contributed by atoms with van der Waals surface area (Å²) in [5, 5.41) is 5.72. The average molecular weight is 831 g/mol. The van der Waals surface area contributed by atoms with Crippen molar-refractivity contribution in [3.63, 3.8) is 0 Å². The molecule has 1 aromatic heterocycles. The van der Waals surface area contributed by atoms with Crippen LogP contribution in [0.5, 0.6) is 17.2 Å². The van der Waals surface area contributed by atoms with Gasteiger partial charge < -0.3 is 55.4 Å². The molecule has 1 saturated heterocycles. The molecule has 3 amide bonds. The molecule has 0 spiro atoms. The van der Waals surface area contributed by atoms with E-state index in [9.17, 15) is 14.4 Å². The fourth-order valence-corrected chi connectivity index (χ4v) is 6.09. The number of methoxy groups -OCH3 is 2. The third kappa shape index (κ3) is 14.1. The molecule has 2 heterocycles. The number of carbonyl (C=O) groups is 3. The predicted molar refractivity (Wildman–Crippen MR) is 209 cm³/mol. The molecule has 0 bridgehead atoms. The summed E-state index contributed by atoms with van der Waals surface area (Å²) in [7, 11) is 3.11. The van der Waals surface area contributed by atoms with E-state index in [2.05, 4.69) is 36.5 Å². The van der Waals surface area contributed by atoms with Gasteiger partial charge in [0.05, 0.1) is 60.5 Å². The van der Waals surface area contributed by atoms with E-state index in [1.807, 2.05) is 24.3 Å². The Kier molecular flexibility index (Phi) is 18.2. The van der Waals surface area contributed by atoms with Crippen LogP contribution in [0.3, 0.4) is 0 Å². The lowest BCUT2D eigenvalue weighted by Crippen LogP contribution is -2.46. The van der Waals surface area contributed by atoms with Crippen molar-refractivity contribution in [2.75, 3.05) is 91.6 Å². The SMILES string of the molecule is COc1cc(Cc2cnc(N)nc2N)cc(OC)c1OCCCCC(=O)NCCOCCOCCOCCNC(=O)C1CCCN1C(=O)c1ccc(Br)cc1. The molecule has 55 heavy (non-hydrogen) atoms.